The highest BCUT2D eigenvalue weighted by Gasteiger charge is 2.13. The third-order valence-electron chi connectivity index (χ3n) is 2.66. The van der Waals surface area contributed by atoms with Crippen LogP contribution in [0, 0.1) is 0 Å². The first kappa shape index (κ1) is 15.0. The summed E-state index contributed by atoms with van der Waals surface area (Å²) in [5.41, 5.74) is 6.16. The van der Waals surface area contributed by atoms with Crippen LogP contribution in [-0.4, -0.2) is 23.4 Å². The van der Waals surface area contributed by atoms with Crippen LogP contribution in [-0.2, 0) is 6.54 Å². The van der Waals surface area contributed by atoms with E-state index < -0.39 is 5.91 Å². The number of thiazole rings is 1. The average molecular weight is 305 g/mol. The Labute approximate surface area is 125 Å². The molecule has 0 aliphatic carbocycles. The second kappa shape index (κ2) is 6.85. The quantitative estimate of drug-likeness (QED) is 0.847. The molecule has 0 unspecified atom stereocenters. The average Bonchev–Trinajstić information content (AvgIpc) is 2.96. The maximum absolute atomic E-state index is 12.0. The summed E-state index contributed by atoms with van der Waals surface area (Å²) in [6, 6.07) is 7.47. The maximum atomic E-state index is 12.0. The summed E-state index contributed by atoms with van der Waals surface area (Å²) >= 11 is 1.05. The molecule has 0 bridgehead atoms. The molecule has 2 amide bonds. The fourth-order valence-electron chi connectivity index (χ4n) is 1.70. The zero-order valence-corrected chi connectivity index (χ0v) is 12.3. The molecule has 0 aliphatic rings. The van der Waals surface area contributed by atoms with Crippen molar-refractivity contribution in [1.29, 1.82) is 0 Å². The first-order chi connectivity index (χ1) is 10.1. The first-order valence-electron chi connectivity index (χ1n) is 6.36. The number of benzene rings is 1. The Balaban J connectivity index is 2.02. The molecule has 2 aromatic rings. The van der Waals surface area contributed by atoms with Gasteiger partial charge in [0.2, 0.25) is 0 Å². The van der Waals surface area contributed by atoms with Gasteiger partial charge in [-0.2, -0.15) is 0 Å². The van der Waals surface area contributed by atoms with Crippen LogP contribution in [0.25, 0.3) is 0 Å². The number of nitrogens with zero attached hydrogens (tertiary/aromatic N) is 1. The van der Waals surface area contributed by atoms with E-state index in [0.717, 1.165) is 22.6 Å². The lowest BCUT2D eigenvalue weighted by atomic mass is 10.2. The van der Waals surface area contributed by atoms with Gasteiger partial charge in [0.1, 0.15) is 11.4 Å². The van der Waals surface area contributed by atoms with E-state index in [0.29, 0.717) is 13.2 Å². The molecule has 0 radical (unpaired) electrons. The lowest BCUT2D eigenvalue weighted by Gasteiger charge is -2.10. The molecular formula is C14H15N3O3S. The molecule has 1 heterocycles. The molecule has 0 fully saturated rings. The van der Waals surface area contributed by atoms with E-state index >= 15 is 0 Å². The van der Waals surface area contributed by atoms with Crippen molar-refractivity contribution in [2.24, 2.45) is 5.73 Å². The molecule has 2 rings (SSSR count). The number of nitrogens with two attached hydrogens (primary N) is 1. The molecule has 1 aromatic heterocycles. The summed E-state index contributed by atoms with van der Waals surface area (Å²) < 4.78 is 5.48. The van der Waals surface area contributed by atoms with E-state index in [4.69, 9.17) is 10.5 Å². The van der Waals surface area contributed by atoms with E-state index in [9.17, 15) is 9.59 Å². The maximum Gasteiger partial charge on any atom is 0.277 e. The molecule has 0 atom stereocenters. The molecule has 7 heteroatoms. The molecule has 0 saturated carbocycles. The summed E-state index contributed by atoms with van der Waals surface area (Å²) in [5.74, 6) is -0.262. The third kappa shape index (κ3) is 3.79. The fourth-order valence-corrected chi connectivity index (χ4v) is 2.35. The van der Waals surface area contributed by atoms with E-state index in [-0.39, 0.29) is 16.6 Å². The minimum absolute atomic E-state index is 0.120. The van der Waals surface area contributed by atoms with Gasteiger partial charge in [0.15, 0.2) is 5.01 Å². The van der Waals surface area contributed by atoms with Crippen LogP contribution in [0.15, 0.2) is 29.6 Å². The van der Waals surface area contributed by atoms with E-state index in [1.165, 1.54) is 5.38 Å². The van der Waals surface area contributed by atoms with Crippen molar-refractivity contribution < 1.29 is 14.3 Å². The normalized spacial score (nSPS) is 10.1. The number of rotatable bonds is 6. The topological polar surface area (TPSA) is 94.3 Å². The SMILES string of the molecule is CCOc1ccccc1CNC(=O)c1csc(C(N)=O)n1. The summed E-state index contributed by atoms with van der Waals surface area (Å²) in [5, 5.41) is 4.36. The predicted molar refractivity (Wildman–Crippen MR) is 79.4 cm³/mol. The van der Waals surface area contributed by atoms with Gasteiger partial charge in [0.25, 0.3) is 11.8 Å². The van der Waals surface area contributed by atoms with Crippen LogP contribution in [0.2, 0.25) is 0 Å². The lowest BCUT2D eigenvalue weighted by Crippen LogP contribution is -2.23. The number of carbonyl (C=O) groups is 2. The van der Waals surface area contributed by atoms with E-state index in [1.54, 1.807) is 0 Å². The van der Waals surface area contributed by atoms with Crippen molar-refractivity contribution in [3.8, 4) is 5.75 Å². The van der Waals surface area contributed by atoms with Gasteiger partial charge in [-0.25, -0.2) is 4.98 Å². The number of amides is 2. The number of primary amides is 1. The number of para-hydroxylation sites is 1. The van der Waals surface area contributed by atoms with Crippen molar-refractivity contribution in [3.05, 3.63) is 45.9 Å². The van der Waals surface area contributed by atoms with Crippen LogP contribution in [0.1, 0.15) is 32.8 Å². The zero-order chi connectivity index (χ0) is 15.2. The fraction of sp³-hybridized carbons (Fsp3) is 0.214. The van der Waals surface area contributed by atoms with Crippen molar-refractivity contribution >= 4 is 23.2 Å². The van der Waals surface area contributed by atoms with Gasteiger partial charge in [-0.3, -0.25) is 9.59 Å². The second-order valence-corrected chi connectivity index (χ2v) is 4.98. The van der Waals surface area contributed by atoms with Gasteiger partial charge in [-0.05, 0) is 13.0 Å². The smallest absolute Gasteiger partial charge is 0.277 e. The Bertz CT molecular complexity index is 654. The minimum Gasteiger partial charge on any atom is -0.494 e. The van der Waals surface area contributed by atoms with Crippen molar-refractivity contribution in [3.63, 3.8) is 0 Å². The van der Waals surface area contributed by atoms with E-state index in [1.807, 2.05) is 31.2 Å². The number of carbonyl (C=O) groups excluding carboxylic acids is 2. The van der Waals surface area contributed by atoms with Crippen LogP contribution in [0.4, 0.5) is 0 Å². The molecule has 3 N–H and O–H groups in total. The molecule has 0 spiro atoms. The molecule has 0 aliphatic heterocycles. The highest BCUT2D eigenvalue weighted by molar-refractivity contribution is 7.11. The molecule has 1 aromatic carbocycles. The van der Waals surface area contributed by atoms with Crippen molar-refractivity contribution in [2.45, 2.75) is 13.5 Å². The molecule has 6 nitrogen and oxygen atoms in total. The van der Waals surface area contributed by atoms with Crippen LogP contribution in [0.3, 0.4) is 0 Å². The summed E-state index contributed by atoms with van der Waals surface area (Å²) in [6.07, 6.45) is 0. The number of ether oxygens (including phenoxy) is 1. The summed E-state index contributed by atoms with van der Waals surface area (Å²) in [7, 11) is 0. The van der Waals surface area contributed by atoms with Gasteiger partial charge < -0.3 is 15.8 Å². The summed E-state index contributed by atoms with van der Waals surface area (Å²) in [4.78, 5) is 26.8. The van der Waals surface area contributed by atoms with Crippen LogP contribution in [0.5, 0.6) is 5.75 Å². The van der Waals surface area contributed by atoms with Gasteiger partial charge in [-0.15, -0.1) is 11.3 Å². The molecule has 0 saturated heterocycles. The number of nitrogens with one attached hydrogen (secondary N) is 1. The van der Waals surface area contributed by atoms with E-state index in [2.05, 4.69) is 10.3 Å². The molecule has 110 valence electrons. The Kier molecular flexibility index (Phi) is 4.89. The summed E-state index contributed by atoms with van der Waals surface area (Å²) in [6.45, 7) is 2.77. The highest BCUT2D eigenvalue weighted by atomic mass is 32.1. The Morgan fingerprint density at radius 3 is 2.81 bits per heavy atom. The van der Waals surface area contributed by atoms with Gasteiger partial charge in [-0.1, -0.05) is 18.2 Å². The zero-order valence-electron chi connectivity index (χ0n) is 11.5. The number of hydrogen-bond acceptors (Lipinski definition) is 5. The Hall–Kier alpha value is -2.41. The first-order valence-corrected chi connectivity index (χ1v) is 7.24. The van der Waals surface area contributed by atoms with Gasteiger partial charge in [0.05, 0.1) is 6.61 Å². The second-order valence-electron chi connectivity index (χ2n) is 4.13. The Morgan fingerprint density at radius 2 is 2.14 bits per heavy atom. The van der Waals surface area contributed by atoms with Crippen molar-refractivity contribution in [1.82, 2.24) is 10.3 Å². The Morgan fingerprint density at radius 1 is 1.38 bits per heavy atom. The number of hydrogen-bond donors (Lipinski definition) is 2. The standard InChI is InChI=1S/C14H15N3O3S/c1-2-20-11-6-4-3-5-9(11)7-16-13(19)10-8-21-14(17-10)12(15)18/h3-6,8H,2,7H2,1H3,(H2,15,18)(H,16,19). The largest absolute Gasteiger partial charge is 0.494 e. The number of aromatic nitrogens is 1. The highest BCUT2D eigenvalue weighted by Crippen LogP contribution is 2.17. The van der Waals surface area contributed by atoms with Gasteiger partial charge in [0, 0.05) is 17.5 Å². The minimum atomic E-state index is -0.638. The third-order valence-corrected chi connectivity index (χ3v) is 3.52. The van der Waals surface area contributed by atoms with Crippen LogP contribution >= 0.6 is 11.3 Å². The lowest BCUT2D eigenvalue weighted by molar-refractivity contribution is 0.0946. The van der Waals surface area contributed by atoms with Crippen LogP contribution < -0.4 is 15.8 Å². The molecule has 21 heavy (non-hydrogen) atoms. The predicted octanol–water partition coefficient (Wildman–Crippen LogP) is 1.57. The van der Waals surface area contributed by atoms with Gasteiger partial charge >= 0.3 is 0 Å². The monoisotopic (exact) mass is 305 g/mol. The van der Waals surface area contributed by atoms with Crippen molar-refractivity contribution in [2.75, 3.05) is 6.61 Å². The molecular weight excluding hydrogens is 290 g/mol.